The van der Waals surface area contributed by atoms with Gasteiger partial charge in [0.15, 0.2) is 0 Å². The molecule has 0 aliphatic heterocycles. The molecule has 21 heavy (non-hydrogen) atoms. The Morgan fingerprint density at radius 1 is 1.24 bits per heavy atom. The zero-order valence-electron chi connectivity index (χ0n) is 13.0. The van der Waals surface area contributed by atoms with E-state index in [1.165, 1.54) is 37.6 Å². The molecule has 1 aromatic carbocycles. The zero-order chi connectivity index (χ0) is 14.7. The van der Waals surface area contributed by atoms with Gasteiger partial charge in [-0.3, -0.25) is 0 Å². The summed E-state index contributed by atoms with van der Waals surface area (Å²) in [5, 5.41) is 10.4. The molecule has 0 spiro atoms. The predicted molar refractivity (Wildman–Crippen MR) is 86.3 cm³/mol. The average Bonchev–Trinajstić information content (AvgIpc) is 2.85. The number of fused-ring (bicyclic) bond motifs is 1. The molecule has 1 aromatic heterocycles. The number of nitrogens with zero attached hydrogens (tertiary/aromatic N) is 2. The fourth-order valence-electron chi connectivity index (χ4n) is 3.74. The van der Waals surface area contributed by atoms with E-state index in [1.54, 1.807) is 0 Å². The molecule has 3 rings (SSSR count). The first-order valence-corrected chi connectivity index (χ1v) is 8.40. The van der Waals surface area contributed by atoms with Crippen molar-refractivity contribution >= 4 is 11.0 Å². The molecule has 1 fully saturated rings. The van der Waals surface area contributed by atoms with Crippen LogP contribution in [0.2, 0.25) is 0 Å². The van der Waals surface area contributed by atoms with Crippen LogP contribution in [0.1, 0.15) is 51.3 Å². The second-order valence-corrected chi connectivity index (χ2v) is 6.36. The quantitative estimate of drug-likeness (QED) is 0.904. The number of aromatic nitrogens is 2. The zero-order valence-corrected chi connectivity index (χ0v) is 13.0. The van der Waals surface area contributed by atoms with Crippen LogP contribution >= 0.6 is 0 Å². The third kappa shape index (κ3) is 3.29. The van der Waals surface area contributed by atoms with E-state index in [0.29, 0.717) is 12.3 Å². The highest BCUT2D eigenvalue weighted by Crippen LogP contribution is 2.28. The summed E-state index contributed by atoms with van der Waals surface area (Å²) in [5.41, 5.74) is 2.22. The summed E-state index contributed by atoms with van der Waals surface area (Å²) >= 11 is 0. The number of rotatable bonds is 5. The molecule has 3 heteroatoms. The molecule has 1 saturated carbocycles. The number of aryl methyl sites for hydroxylation is 1. The minimum Gasteiger partial charge on any atom is -0.393 e. The molecular weight excluding hydrogens is 260 g/mol. The summed E-state index contributed by atoms with van der Waals surface area (Å²) in [7, 11) is 0. The van der Waals surface area contributed by atoms with Crippen molar-refractivity contribution in [2.75, 3.05) is 0 Å². The average molecular weight is 286 g/mol. The van der Waals surface area contributed by atoms with Crippen LogP contribution in [0.3, 0.4) is 0 Å². The summed E-state index contributed by atoms with van der Waals surface area (Å²) < 4.78 is 2.24. The highest BCUT2D eigenvalue weighted by atomic mass is 16.3. The van der Waals surface area contributed by atoms with Crippen LogP contribution in [-0.2, 0) is 13.0 Å². The van der Waals surface area contributed by atoms with Crippen molar-refractivity contribution < 1.29 is 5.11 Å². The lowest BCUT2D eigenvalue weighted by atomic mass is 9.85. The second kappa shape index (κ2) is 6.61. The van der Waals surface area contributed by atoms with Crippen molar-refractivity contribution in [3.63, 3.8) is 0 Å². The Morgan fingerprint density at radius 2 is 2.00 bits per heavy atom. The van der Waals surface area contributed by atoms with Crippen molar-refractivity contribution in [1.82, 2.24) is 9.55 Å². The number of hydrogen-bond donors (Lipinski definition) is 1. The van der Waals surface area contributed by atoms with Crippen molar-refractivity contribution in [3.05, 3.63) is 30.1 Å². The lowest BCUT2D eigenvalue weighted by Crippen LogP contribution is -2.20. The number of aliphatic hydroxyl groups excluding tert-OH is 1. The summed E-state index contributed by atoms with van der Waals surface area (Å²) in [6, 6.07) is 8.25. The Balaban J connectivity index is 1.71. The van der Waals surface area contributed by atoms with Gasteiger partial charge in [0.1, 0.15) is 5.82 Å². The van der Waals surface area contributed by atoms with E-state index in [4.69, 9.17) is 4.98 Å². The highest BCUT2D eigenvalue weighted by molar-refractivity contribution is 5.75. The molecule has 0 saturated heterocycles. The van der Waals surface area contributed by atoms with Gasteiger partial charge in [0.05, 0.1) is 17.1 Å². The molecule has 1 atom stereocenters. The minimum atomic E-state index is -0.254. The number of para-hydroxylation sites is 2. The van der Waals surface area contributed by atoms with Gasteiger partial charge >= 0.3 is 0 Å². The van der Waals surface area contributed by atoms with Crippen molar-refractivity contribution in [2.24, 2.45) is 5.92 Å². The van der Waals surface area contributed by atoms with Gasteiger partial charge in [-0.25, -0.2) is 4.98 Å². The molecule has 0 bridgehead atoms. The van der Waals surface area contributed by atoms with E-state index in [0.717, 1.165) is 24.3 Å². The molecule has 0 radical (unpaired) electrons. The standard InChI is InChI=1S/C18H26N2O/c1-2-20-17-11-7-6-10-16(17)19-18(20)13-15(21)12-14-8-4-3-5-9-14/h6-7,10-11,14-15,21H,2-5,8-9,12-13H2,1H3. The third-order valence-electron chi connectivity index (χ3n) is 4.80. The molecule has 3 nitrogen and oxygen atoms in total. The van der Waals surface area contributed by atoms with E-state index >= 15 is 0 Å². The minimum absolute atomic E-state index is 0.254. The van der Waals surface area contributed by atoms with Gasteiger partial charge in [-0.2, -0.15) is 0 Å². The predicted octanol–water partition coefficient (Wildman–Crippen LogP) is 3.93. The molecule has 1 aliphatic carbocycles. The summed E-state index contributed by atoms with van der Waals surface area (Å²) in [5.74, 6) is 1.75. The Labute approximate surface area is 127 Å². The number of hydrogen-bond acceptors (Lipinski definition) is 2. The van der Waals surface area contributed by atoms with Crippen LogP contribution in [0, 0.1) is 5.92 Å². The van der Waals surface area contributed by atoms with Gasteiger partial charge in [-0.1, -0.05) is 44.2 Å². The fourth-order valence-corrected chi connectivity index (χ4v) is 3.74. The maximum Gasteiger partial charge on any atom is 0.112 e. The first-order chi connectivity index (χ1) is 10.3. The van der Waals surface area contributed by atoms with Gasteiger partial charge in [-0.05, 0) is 31.4 Å². The number of benzene rings is 1. The first-order valence-electron chi connectivity index (χ1n) is 8.40. The third-order valence-corrected chi connectivity index (χ3v) is 4.80. The molecule has 0 amide bonds. The summed E-state index contributed by atoms with van der Waals surface area (Å²) in [6.07, 6.45) is 8.00. The van der Waals surface area contributed by atoms with Crippen LogP contribution < -0.4 is 0 Å². The molecule has 114 valence electrons. The Kier molecular flexibility index (Phi) is 4.59. The molecule has 1 N–H and O–H groups in total. The van der Waals surface area contributed by atoms with Crippen LogP contribution in [0.25, 0.3) is 11.0 Å². The molecular formula is C18H26N2O. The molecule has 1 heterocycles. The lowest BCUT2D eigenvalue weighted by molar-refractivity contribution is 0.127. The molecule has 1 aliphatic rings. The first kappa shape index (κ1) is 14.6. The smallest absolute Gasteiger partial charge is 0.112 e. The van der Waals surface area contributed by atoms with Crippen molar-refractivity contribution in [2.45, 2.75) is 64.5 Å². The van der Waals surface area contributed by atoms with Crippen LogP contribution in [0.4, 0.5) is 0 Å². The maximum atomic E-state index is 10.4. The van der Waals surface area contributed by atoms with Crippen molar-refractivity contribution in [1.29, 1.82) is 0 Å². The summed E-state index contributed by atoms with van der Waals surface area (Å²) in [4.78, 5) is 4.72. The highest BCUT2D eigenvalue weighted by Gasteiger charge is 2.19. The number of imidazole rings is 1. The topological polar surface area (TPSA) is 38.0 Å². The normalized spacial score (nSPS) is 18.2. The van der Waals surface area contributed by atoms with E-state index in [1.807, 2.05) is 6.07 Å². The van der Waals surface area contributed by atoms with Gasteiger partial charge in [-0.15, -0.1) is 0 Å². The SMILES string of the molecule is CCn1c(CC(O)CC2CCCCC2)nc2ccccc21. The Morgan fingerprint density at radius 3 is 2.76 bits per heavy atom. The van der Waals surface area contributed by atoms with Gasteiger partial charge < -0.3 is 9.67 Å². The van der Waals surface area contributed by atoms with Crippen LogP contribution in [0.5, 0.6) is 0 Å². The van der Waals surface area contributed by atoms with Crippen LogP contribution in [-0.4, -0.2) is 20.8 Å². The maximum absolute atomic E-state index is 10.4. The molecule has 1 unspecified atom stereocenters. The van der Waals surface area contributed by atoms with Gasteiger partial charge in [0.2, 0.25) is 0 Å². The Bertz CT molecular complexity index is 584. The van der Waals surface area contributed by atoms with E-state index in [2.05, 4.69) is 29.7 Å². The fraction of sp³-hybridized carbons (Fsp3) is 0.611. The van der Waals surface area contributed by atoms with E-state index in [9.17, 15) is 5.11 Å². The van der Waals surface area contributed by atoms with E-state index in [-0.39, 0.29) is 6.10 Å². The van der Waals surface area contributed by atoms with E-state index < -0.39 is 0 Å². The lowest BCUT2D eigenvalue weighted by Gasteiger charge is -2.24. The van der Waals surface area contributed by atoms with Crippen molar-refractivity contribution in [3.8, 4) is 0 Å². The number of aliphatic hydroxyl groups is 1. The largest absolute Gasteiger partial charge is 0.393 e. The second-order valence-electron chi connectivity index (χ2n) is 6.36. The Hall–Kier alpha value is -1.35. The molecule has 2 aromatic rings. The monoisotopic (exact) mass is 286 g/mol. The van der Waals surface area contributed by atoms with Gasteiger partial charge in [0.25, 0.3) is 0 Å². The summed E-state index contributed by atoms with van der Waals surface area (Å²) in [6.45, 7) is 3.05. The van der Waals surface area contributed by atoms with Gasteiger partial charge in [0, 0.05) is 13.0 Å². The van der Waals surface area contributed by atoms with Crippen LogP contribution in [0.15, 0.2) is 24.3 Å².